The Bertz CT molecular complexity index is 715. The van der Waals surface area contributed by atoms with Crippen molar-refractivity contribution in [3.8, 4) is 0 Å². The van der Waals surface area contributed by atoms with Crippen molar-refractivity contribution in [2.45, 2.75) is 9.92 Å². The molecule has 0 aliphatic carbocycles. The Balaban J connectivity index is 2.69. The maximum absolute atomic E-state index is 12.0. The van der Waals surface area contributed by atoms with Gasteiger partial charge in [-0.25, -0.2) is 13.2 Å². The summed E-state index contributed by atoms with van der Waals surface area (Å²) in [6.07, 6.45) is 0. The highest BCUT2D eigenvalue weighted by Crippen LogP contribution is 2.15. The zero-order chi connectivity index (χ0) is 12.5. The first-order valence-electron chi connectivity index (χ1n) is 4.64. The van der Waals surface area contributed by atoms with Crippen molar-refractivity contribution in [3.05, 3.63) is 57.2 Å². The molecule has 0 bridgehead atoms. The first-order valence-corrected chi connectivity index (χ1v) is 6.12. The molecule has 0 saturated heterocycles. The Morgan fingerprint density at radius 3 is 2.18 bits per heavy atom. The smallest absolute Gasteiger partial charge is 0.297 e. The van der Waals surface area contributed by atoms with Crippen molar-refractivity contribution < 1.29 is 8.42 Å². The van der Waals surface area contributed by atoms with Gasteiger partial charge in [0.15, 0.2) is 0 Å². The highest BCUT2D eigenvalue weighted by Gasteiger charge is 2.18. The fourth-order valence-electron chi connectivity index (χ4n) is 1.32. The van der Waals surface area contributed by atoms with Gasteiger partial charge in [-0.1, -0.05) is 18.2 Å². The van der Waals surface area contributed by atoms with Crippen molar-refractivity contribution in [3.63, 3.8) is 0 Å². The molecule has 0 radical (unpaired) electrons. The first-order chi connectivity index (χ1) is 8.00. The number of aromatic amines is 2. The minimum Gasteiger partial charge on any atom is -0.297 e. The molecule has 0 amide bonds. The molecule has 0 aliphatic rings. The van der Waals surface area contributed by atoms with E-state index in [4.69, 9.17) is 0 Å². The van der Waals surface area contributed by atoms with Gasteiger partial charge in [-0.2, -0.15) is 0 Å². The van der Waals surface area contributed by atoms with Crippen LogP contribution in [-0.4, -0.2) is 18.4 Å². The van der Waals surface area contributed by atoms with Gasteiger partial charge in [-0.3, -0.25) is 14.8 Å². The van der Waals surface area contributed by atoms with Gasteiger partial charge in [0.25, 0.3) is 5.56 Å². The average molecular weight is 252 g/mol. The predicted molar refractivity (Wildman–Crippen MR) is 59.6 cm³/mol. The summed E-state index contributed by atoms with van der Waals surface area (Å²) in [6.45, 7) is 0. The van der Waals surface area contributed by atoms with E-state index in [0.29, 0.717) is 0 Å². The predicted octanol–water partition coefficient (Wildman–Crippen LogP) is -0.104. The molecule has 7 heteroatoms. The zero-order valence-corrected chi connectivity index (χ0v) is 9.32. The molecule has 17 heavy (non-hydrogen) atoms. The van der Waals surface area contributed by atoms with Crippen molar-refractivity contribution in [1.29, 1.82) is 0 Å². The summed E-state index contributed by atoms with van der Waals surface area (Å²) in [5.74, 6) is 0. The highest BCUT2D eigenvalue weighted by atomic mass is 32.2. The van der Waals surface area contributed by atoms with Gasteiger partial charge in [0.05, 0.1) is 4.90 Å². The lowest BCUT2D eigenvalue weighted by atomic mass is 10.4. The molecule has 0 spiro atoms. The molecule has 1 heterocycles. The topological polar surface area (TPSA) is 99.9 Å². The largest absolute Gasteiger partial charge is 0.326 e. The van der Waals surface area contributed by atoms with Crippen molar-refractivity contribution in [2.75, 3.05) is 0 Å². The van der Waals surface area contributed by atoms with E-state index < -0.39 is 26.1 Å². The summed E-state index contributed by atoms with van der Waals surface area (Å²) in [6, 6.07) is 8.38. The zero-order valence-electron chi connectivity index (χ0n) is 8.51. The van der Waals surface area contributed by atoms with Gasteiger partial charge in [-0.15, -0.1) is 0 Å². The SMILES string of the molecule is O=c1cc(S(=O)(=O)c2ccccc2)[nH]c(=O)[nH]1. The van der Waals surface area contributed by atoms with Gasteiger partial charge in [0, 0.05) is 6.07 Å². The van der Waals surface area contributed by atoms with E-state index in [9.17, 15) is 18.0 Å². The van der Waals surface area contributed by atoms with E-state index in [1.807, 2.05) is 4.98 Å². The Labute approximate surface area is 95.9 Å². The van der Waals surface area contributed by atoms with E-state index in [1.54, 1.807) is 18.2 Å². The van der Waals surface area contributed by atoms with E-state index in [2.05, 4.69) is 4.98 Å². The molecule has 88 valence electrons. The van der Waals surface area contributed by atoms with Gasteiger partial charge in [-0.05, 0) is 12.1 Å². The van der Waals surface area contributed by atoms with Crippen molar-refractivity contribution in [2.24, 2.45) is 0 Å². The number of benzene rings is 1. The molecule has 0 unspecified atom stereocenters. The standard InChI is InChI=1S/C10H8N2O4S/c13-8-6-9(12-10(14)11-8)17(15,16)7-4-2-1-3-5-7/h1-6H,(H2,11,12,13,14). The highest BCUT2D eigenvalue weighted by molar-refractivity contribution is 7.91. The second-order valence-electron chi connectivity index (χ2n) is 3.27. The second kappa shape index (κ2) is 4.02. The normalized spacial score (nSPS) is 11.3. The molecule has 0 atom stereocenters. The fraction of sp³-hybridized carbons (Fsp3) is 0. The van der Waals surface area contributed by atoms with Crippen LogP contribution < -0.4 is 11.2 Å². The number of hydrogen-bond donors (Lipinski definition) is 2. The summed E-state index contributed by atoms with van der Waals surface area (Å²) in [4.78, 5) is 26.1. The maximum atomic E-state index is 12.0. The monoisotopic (exact) mass is 252 g/mol. The van der Waals surface area contributed by atoms with Crippen LogP contribution in [0.1, 0.15) is 0 Å². The Morgan fingerprint density at radius 2 is 1.59 bits per heavy atom. The van der Waals surface area contributed by atoms with E-state index in [0.717, 1.165) is 6.07 Å². The van der Waals surface area contributed by atoms with E-state index in [-0.39, 0.29) is 4.90 Å². The molecule has 0 aliphatic heterocycles. The van der Waals surface area contributed by atoms with Gasteiger partial charge >= 0.3 is 5.69 Å². The Kier molecular flexibility index (Phi) is 2.68. The minimum atomic E-state index is -3.86. The van der Waals surface area contributed by atoms with Gasteiger partial charge < -0.3 is 0 Å². The van der Waals surface area contributed by atoms with Crippen LogP contribution in [0.2, 0.25) is 0 Å². The molecule has 6 nitrogen and oxygen atoms in total. The summed E-state index contributed by atoms with van der Waals surface area (Å²) in [5.41, 5.74) is -1.62. The molecule has 2 rings (SSSR count). The van der Waals surface area contributed by atoms with Crippen molar-refractivity contribution >= 4 is 9.84 Å². The van der Waals surface area contributed by atoms with Gasteiger partial charge in [0.2, 0.25) is 9.84 Å². The molecule has 1 aromatic carbocycles. The molecule has 0 fully saturated rings. The van der Waals surface area contributed by atoms with E-state index in [1.165, 1.54) is 12.1 Å². The molecule has 0 saturated carbocycles. The number of nitrogens with one attached hydrogen (secondary N) is 2. The summed E-state index contributed by atoms with van der Waals surface area (Å²) in [7, 11) is -3.86. The number of aromatic nitrogens is 2. The number of rotatable bonds is 2. The van der Waals surface area contributed by atoms with Crippen LogP contribution in [0.5, 0.6) is 0 Å². The first kappa shape index (κ1) is 11.3. The lowest BCUT2D eigenvalue weighted by molar-refractivity contribution is 0.591. The molecular formula is C10H8N2O4S. The maximum Gasteiger partial charge on any atom is 0.326 e. The quantitative estimate of drug-likeness (QED) is 0.728. The average Bonchev–Trinajstić information content (AvgIpc) is 2.29. The van der Waals surface area contributed by atoms with Crippen LogP contribution in [-0.2, 0) is 9.84 Å². The summed E-state index contributed by atoms with van der Waals surface area (Å²) < 4.78 is 24.0. The molecule has 2 aromatic rings. The third-order valence-electron chi connectivity index (χ3n) is 2.08. The second-order valence-corrected chi connectivity index (χ2v) is 5.19. The van der Waals surface area contributed by atoms with Crippen LogP contribution in [0.15, 0.2) is 55.9 Å². The summed E-state index contributed by atoms with van der Waals surface area (Å²) >= 11 is 0. The third kappa shape index (κ3) is 2.18. The van der Waals surface area contributed by atoms with Crippen LogP contribution in [0.25, 0.3) is 0 Å². The Morgan fingerprint density at radius 1 is 0.941 bits per heavy atom. The molecular weight excluding hydrogens is 244 g/mol. The Hall–Kier alpha value is -2.15. The molecule has 1 aromatic heterocycles. The minimum absolute atomic E-state index is 0.0150. The lowest BCUT2D eigenvalue weighted by Gasteiger charge is -2.02. The number of hydrogen-bond acceptors (Lipinski definition) is 4. The summed E-state index contributed by atoms with van der Waals surface area (Å²) in [5, 5.41) is -0.419. The lowest BCUT2D eigenvalue weighted by Crippen LogP contribution is -2.24. The molecule has 2 N–H and O–H groups in total. The van der Waals surface area contributed by atoms with Gasteiger partial charge in [0.1, 0.15) is 5.03 Å². The van der Waals surface area contributed by atoms with Crippen LogP contribution in [0.4, 0.5) is 0 Å². The van der Waals surface area contributed by atoms with E-state index >= 15 is 0 Å². The van der Waals surface area contributed by atoms with Crippen LogP contribution in [0, 0.1) is 0 Å². The number of H-pyrrole nitrogens is 2. The third-order valence-corrected chi connectivity index (χ3v) is 3.77. The fourth-order valence-corrected chi connectivity index (χ4v) is 2.58. The van der Waals surface area contributed by atoms with Crippen LogP contribution in [0.3, 0.4) is 0 Å². The van der Waals surface area contributed by atoms with Crippen molar-refractivity contribution in [1.82, 2.24) is 9.97 Å². The van der Waals surface area contributed by atoms with Crippen LogP contribution >= 0.6 is 0 Å². The number of sulfone groups is 1.